The van der Waals surface area contributed by atoms with Crippen LogP contribution in [0.15, 0.2) is 24.3 Å². The van der Waals surface area contributed by atoms with Gasteiger partial charge in [-0.3, -0.25) is 4.79 Å². The van der Waals surface area contributed by atoms with E-state index < -0.39 is 11.7 Å². The van der Waals surface area contributed by atoms with E-state index in [-0.39, 0.29) is 11.8 Å². The molecule has 0 aliphatic carbocycles. The third-order valence-electron chi connectivity index (χ3n) is 4.14. The van der Waals surface area contributed by atoms with Crippen LogP contribution in [0.5, 0.6) is 0 Å². The van der Waals surface area contributed by atoms with Gasteiger partial charge in [0.25, 0.3) is 5.91 Å². The molecule has 0 bridgehead atoms. The number of nitrogens with one attached hydrogen (secondary N) is 1. The molecule has 2 rings (SSSR count). The van der Waals surface area contributed by atoms with Crippen molar-refractivity contribution in [2.75, 3.05) is 38.6 Å². The Bertz CT molecular complexity index is 605. The number of benzene rings is 1. The lowest BCUT2D eigenvalue weighted by Crippen LogP contribution is -2.36. The lowest BCUT2D eigenvalue weighted by atomic mass is 10.1. The monoisotopic (exact) mass is 347 g/mol. The average molecular weight is 347 g/mol. The van der Waals surface area contributed by atoms with Crippen molar-refractivity contribution >= 4 is 17.7 Å². The molecule has 1 aliphatic rings. The second-order valence-corrected chi connectivity index (χ2v) is 7.73. The first-order valence-corrected chi connectivity index (χ1v) is 8.69. The van der Waals surface area contributed by atoms with Crippen LogP contribution in [-0.2, 0) is 4.74 Å². The Kier molecular flexibility index (Phi) is 5.93. The van der Waals surface area contributed by atoms with Gasteiger partial charge in [-0.25, -0.2) is 4.79 Å². The number of nitrogens with zero attached hydrogens (tertiary/aromatic N) is 2. The molecule has 1 atom stereocenters. The van der Waals surface area contributed by atoms with Gasteiger partial charge in [-0.1, -0.05) is 0 Å². The SMILES string of the molecule is CN(C)c1ccc(C(=O)N2CC[C@@H](CNC(=O)OC(C)(C)C)C2)cc1. The number of likely N-dealkylation sites (tertiary alicyclic amines) is 1. The molecule has 0 aromatic heterocycles. The number of hydrogen-bond acceptors (Lipinski definition) is 4. The molecule has 6 nitrogen and oxygen atoms in total. The highest BCUT2D eigenvalue weighted by Crippen LogP contribution is 2.20. The van der Waals surface area contributed by atoms with E-state index in [1.54, 1.807) is 0 Å². The van der Waals surface area contributed by atoms with Crippen molar-refractivity contribution in [3.8, 4) is 0 Å². The molecule has 0 saturated carbocycles. The maximum Gasteiger partial charge on any atom is 0.407 e. The zero-order valence-electron chi connectivity index (χ0n) is 15.8. The van der Waals surface area contributed by atoms with Crippen LogP contribution in [0, 0.1) is 5.92 Å². The highest BCUT2D eigenvalue weighted by Gasteiger charge is 2.27. The fourth-order valence-electron chi connectivity index (χ4n) is 2.81. The summed E-state index contributed by atoms with van der Waals surface area (Å²) in [5.41, 5.74) is 1.27. The molecule has 6 heteroatoms. The first kappa shape index (κ1) is 19.1. The summed E-state index contributed by atoms with van der Waals surface area (Å²) in [5, 5.41) is 2.80. The van der Waals surface area contributed by atoms with E-state index >= 15 is 0 Å². The summed E-state index contributed by atoms with van der Waals surface area (Å²) in [7, 11) is 3.94. The number of rotatable bonds is 4. The summed E-state index contributed by atoms with van der Waals surface area (Å²) in [4.78, 5) is 28.2. The third-order valence-corrected chi connectivity index (χ3v) is 4.14. The standard InChI is InChI=1S/C19H29N3O3/c1-19(2,3)25-18(24)20-12-14-10-11-22(13-14)17(23)15-6-8-16(9-7-15)21(4)5/h6-9,14H,10-13H2,1-5H3,(H,20,24)/t14-/m0/s1. The summed E-state index contributed by atoms with van der Waals surface area (Å²) in [6.45, 7) is 7.41. The molecule has 1 aliphatic heterocycles. The van der Waals surface area contributed by atoms with Crippen LogP contribution in [0.4, 0.5) is 10.5 Å². The third kappa shape index (κ3) is 5.66. The van der Waals surface area contributed by atoms with Crippen LogP contribution in [0.2, 0.25) is 0 Å². The van der Waals surface area contributed by atoms with E-state index in [1.165, 1.54) is 0 Å². The first-order valence-electron chi connectivity index (χ1n) is 8.69. The molecular formula is C19H29N3O3. The molecular weight excluding hydrogens is 318 g/mol. The van der Waals surface area contributed by atoms with E-state index in [1.807, 2.05) is 68.9 Å². The zero-order chi connectivity index (χ0) is 18.6. The smallest absolute Gasteiger partial charge is 0.407 e. The molecule has 1 N–H and O–H groups in total. The summed E-state index contributed by atoms with van der Waals surface area (Å²) >= 11 is 0. The Morgan fingerprint density at radius 1 is 1.24 bits per heavy atom. The first-order chi connectivity index (χ1) is 11.7. The Labute approximate surface area is 150 Å². The van der Waals surface area contributed by atoms with Crippen molar-refractivity contribution in [1.82, 2.24) is 10.2 Å². The summed E-state index contributed by atoms with van der Waals surface area (Å²) < 4.78 is 5.24. The molecule has 1 aromatic carbocycles. The number of hydrogen-bond donors (Lipinski definition) is 1. The molecule has 1 fully saturated rings. The van der Waals surface area contributed by atoms with E-state index in [4.69, 9.17) is 4.74 Å². The van der Waals surface area contributed by atoms with Crippen LogP contribution in [0.1, 0.15) is 37.6 Å². The van der Waals surface area contributed by atoms with Gasteiger partial charge in [0.2, 0.25) is 0 Å². The van der Waals surface area contributed by atoms with Gasteiger partial charge < -0.3 is 19.9 Å². The molecule has 1 aromatic rings. The fraction of sp³-hybridized carbons (Fsp3) is 0.579. The van der Waals surface area contributed by atoms with Gasteiger partial charge >= 0.3 is 6.09 Å². The number of ether oxygens (including phenoxy) is 1. The van der Waals surface area contributed by atoms with Crippen molar-refractivity contribution < 1.29 is 14.3 Å². The maximum atomic E-state index is 12.6. The number of carbonyl (C=O) groups is 2. The summed E-state index contributed by atoms with van der Waals surface area (Å²) in [6.07, 6.45) is 0.480. The van der Waals surface area contributed by atoms with Crippen LogP contribution in [0.25, 0.3) is 0 Å². The summed E-state index contributed by atoms with van der Waals surface area (Å²) in [6, 6.07) is 7.63. The van der Waals surface area contributed by atoms with Crippen LogP contribution in [0.3, 0.4) is 0 Å². The van der Waals surface area contributed by atoms with E-state index in [0.29, 0.717) is 18.7 Å². The minimum absolute atomic E-state index is 0.0464. The van der Waals surface area contributed by atoms with Gasteiger partial charge in [0, 0.05) is 45.0 Å². The second kappa shape index (κ2) is 7.76. The molecule has 0 spiro atoms. The van der Waals surface area contributed by atoms with E-state index in [2.05, 4.69) is 5.32 Å². The quantitative estimate of drug-likeness (QED) is 0.910. The molecule has 1 heterocycles. The normalized spacial score (nSPS) is 17.3. The predicted octanol–water partition coefficient (Wildman–Crippen LogP) is 2.74. The Morgan fingerprint density at radius 3 is 2.44 bits per heavy atom. The van der Waals surface area contributed by atoms with Crippen molar-refractivity contribution in [2.45, 2.75) is 32.8 Å². The lowest BCUT2D eigenvalue weighted by Gasteiger charge is -2.21. The van der Waals surface area contributed by atoms with Crippen molar-refractivity contribution in [1.29, 1.82) is 0 Å². The van der Waals surface area contributed by atoms with Gasteiger partial charge in [-0.2, -0.15) is 0 Å². The largest absolute Gasteiger partial charge is 0.444 e. The Hall–Kier alpha value is -2.24. The van der Waals surface area contributed by atoms with E-state index in [0.717, 1.165) is 18.7 Å². The lowest BCUT2D eigenvalue weighted by molar-refractivity contribution is 0.0520. The molecule has 0 unspecified atom stereocenters. The van der Waals surface area contributed by atoms with Crippen LogP contribution in [-0.4, -0.2) is 56.2 Å². The second-order valence-electron chi connectivity index (χ2n) is 7.73. The van der Waals surface area contributed by atoms with Gasteiger partial charge in [0.15, 0.2) is 0 Å². The minimum atomic E-state index is -0.500. The molecule has 2 amide bonds. The van der Waals surface area contributed by atoms with Gasteiger partial charge in [-0.05, 0) is 57.4 Å². The van der Waals surface area contributed by atoms with Crippen molar-refractivity contribution in [3.05, 3.63) is 29.8 Å². The number of alkyl carbamates (subject to hydrolysis) is 1. The minimum Gasteiger partial charge on any atom is -0.444 e. The maximum absolute atomic E-state index is 12.6. The number of carbonyl (C=O) groups excluding carboxylic acids is 2. The van der Waals surface area contributed by atoms with Gasteiger partial charge in [0.05, 0.1) is 0 Å². The van der Waals surface area contributed by atoms with Crippen LogP contribution < -0.4 is 10.2 Å². The zero-order valence-corrected chi connectivity index (χ0v) is 15.8. The Morgan fingerprint density at radius 2 is 1.88 bits per heavy atom. The summed E-state index contributed by atoms with van der Waals surface area (Å²) in [5.74, 6) is 0.308. The Balaban J connectivity index is 1.83. The molecule has 1 saturated heterocycles. The van der Waals surface area contributed by atoms with Crippen molar-refractivity contribution in [3.63, 3.8) is 0 Å². The highest BCUT2D eigenvalue weighted by atomic mass is 16.6. The van der Waals surface area contributed by atoms with Gasteiger partial charge in [0.1, 0.15) is 5.60 Å². The average Bonchev–Trinajstić information content (AvgIpc) is 2.99. The topological polar surface area (TPSA) is 61.9 Å². The fourth-order valence-corrected chi connectivity index (χ4v) is 2.81. The highest BCUT2D eigenvalue weighted by molar-refractivity contribution is 5.94. The van der Waals surface area contributed by atoms with E-state index in [9.17, 15) is 9.59 Å². The molecule has 25 heavy (non-hydrogen) atoms. The molecule has 0 radical (unpaired) electrons. The van der Waals surface area contributed by atoms with Crippen molar-refractivity contribution in [2.24, 2.45) is 5.92 Å². The van der Waals surface area contributed by atoms with Gasteiger partial charge in [-0.15, -0.1) is 0 Å². The molecule has 138 valence electrons. The number of anilines is 1. The number of amides is 2. The van der Waals surface area contributed by atoms with Crippen LogP contribution >= 0.6 is 0 Å². The predicted molar refractivity (Wildman–Crippen MR) is 99.0 cm³/mol.